The summed E-state index contributed by atoms with van der Waals surface area (Å²) in [6, 6.07) is 8.51. The van der Waals surface area contributed by atoms with Gasteiger partial charge in [0.05, 0.1) is 16.7 Å². The van der Waals surface area contributed by atoms with Crippen LogP contribution >= 0.6 is 0 Å². The van der Waals surface area contributed by atoms with Gasteiger partial charge < -0.3 is 39.7 Å². The predicted molar refractivity (Wildman–Crippen MR) is 151 cm³/mol. The van der Waals surface area contributed by atoms with E-state index in [2.05, 4.69) is 32.2 Å². The zero-order valence-electron chi connectivity index (χ0n) is 22.3. The number of aromatic amines is 2. The molecule has 0 bridgehead atoms. The quantitative estimate of drug-likeness (QED) is 0.193. The standard InChI is InChI=1S/C29H30F2N6O4/c1-36-8-5-18(6-9-36)37-14-16-10-23-24(12-20(16)29(37)40)35-27(34-23)26-22(4-7-32-28(26)39)33-13-19(38)15-41-25-3-2-17(30)11-21(25)31/h2-4,7,10-12,14,18-19,38,40H,5-6,8-9,13,15H2,1H3,(H,34,35)(H2,32,33,39)/t19-/m1/s1. The molecule has 0 spiro atoms. The van der Waals surface area contributed by atoms with Crippen LogP contribution in [-0.2, 0) is 0 Å². The largest absolute Gasteiger partial charge is 0.494 e. The summed E-state index contributed by atoms with van der Waals surface area (Å²) >= 11 is 0. The van der Waals surface area contributed by atoms with E-state index < -0.39 is 23.3 Å². The first kappa shape index (κ1) is 26.8. The highest BCUT2D eigenvalue weighted by Gasteiger charge is 2.23. The summed E-state index contributed by atoms with van der Waals surface area (Å²) in [6.45, 7) is 1.68. The Balaban J connectivity index is 1.22. The fourth-order valence-corrected chi connectivity index (χ4v) is 5.32. The number of aliphatic hydroxyl groups is 1. The number of nitrogens with zero attached hydrogens (tertiary/aromatic N) is 3. The average Bonchev–Trinajstić information content (AvgIpc) is 3.50. The maximum Gasteiger partial charge on any atom is 0.261 e. The number of benzene rings is 2. The van der Waals surface area contributed by atoms with Gasteiger partial charge in [-0.1, -0.05) is 0 Å². The van der Waals surface area contributed by atoms with Gasteiger partial charge in [-0.05, 0) is 63.3 Å². The lowest BCUT2D eigenvalue weighted by Gasteiger charge is -2.30. The van der Waals surface area contributed by atoms with Crippen molar-refractivity contribution >= 4 is 27.5 Å². The molecule has 0 amide bonds. The summed E-state index contributed by atoms with van der Waals surface area (Å²) in [5.74, 6) is -1.24. The monoisotopic (exact) mass is 564 g/mol. The topological polar surface area (TPSA) is 131 Å². The van der Waals surface area contributed by atoms with Gasteiger partial charge in [0.1, 0.15) is 29.9 Å². The first-order valence-electron chi connectivity index (χ1n) is 13.4. The highest BCUT2D eigenvalue weighted by atomic mass is 19.1. The maximum atomic E-state index is 13.8. The van der Waals surface area contributed by atoms with E-state index in [4.69, 9.17) is 4.74 Å². The molecule has 3 aromatic heterocycles. The number of hydrogen-bond donors (Lipinski definition) is 5. The molecule has 6 rings (SSSR count). The normalized spacial score (nSPS) is 15.5. The smallest absolute Gasteiger partial charge is 0.261 e. The zero-order chi connectivity index (χ0) is 28.7. The van der Waals surface area contributed by atoms with Crippen molar-refractivity contribution in [3.63, 3.8) is 0 Å². The van der Waals surface area contributed by atoms with Gasteiger partial charge in [-0.3, -0.25) is 4.79 Å². The average molecular weight is 565 g/mol. The van der Waals surface area contributed by atoms with E-state index >= 15 is 0 Å². The van der Waals surface area contributed by atoms with E-state index in [9.17, 15) is 23.8 Å². The Labute approximate surface area is 233 Å². The number of piperidine rings is 1. The number of likely N-dealkylation sites (tertiary alicyclic amines) is 1. The molecule has 4 heterocycles. The second-order valence-electron chi connectivity index (χ2n) is 10.5. The predicted octanol–water partition coefficient (Wildman–Crippen LogP) is 3.98. The molecule has 1 aliphatic rings. The molecule has 0 saturated carbocycles. The van der Waals surface area contributed by atoms with Crippen LogP contribution in [0.3, 0.4) is 0 Å². The van der Waals surface area contributed by atoms with Crippen LogP contribution in [0.1, 0.15) is 18.9 Å². The lowest BCUT2D eigenvalue weighted by molar-refractivity contribution is 0.115. The second-order valence-corrected chi connectivity index (χ2v) is 10.5. The van der Waals surface area contributed by atoms with Gasteiger partial charge in [0.2, 0.25) is 0 Å². The molecule has 0 unspecified atom stereocenters. The molecule has 0 aliphatic carbocycles. The van der Waals surface area contributed by atoms with E-state index in [1.54, 1.807) is 6.07 Å². The van der Waals surface area contributed by atoms with Gasteiger partial charge in [0.15, 0.2) is 17.4 Å². The summed E-state index contributed by atoms with van der Waals surface area (Å²) in [6.07, 6.45) is 4.29. The summed E-state index contributed by atoms with van der Waals surface area (Å²) < 4.78 is 34.1. The highest BCUT2D eigenvalue weighted by Crippen LogP contribution is 2.36. The number of H-pyrrole nitrogens is 2. The Morgan fingerprint density at radius 3 is 2.78 bits per heavy atom. The van der Waals surface area contributed by atoms with Crippen molar-refractivity contribution < 1.29 is 23.7 Å². The van der Waals surface area contributed by atoms with Crippen molar-refractivity contribution in [3.8, 4) is 23.0 Å². The maximum absolute atomic E-state index is 13.8. The Morgan fingerprint density at radius 2 is 2.00 bits per heavy atom. The molecule has 1 aliphatic heterocycles. The van der Waals surface area contributed by atoms with E-state index in [1.807, 2.05) is 22.9 Å². The minimum absolute atomic E-state index is 0.0155. The third kappa shape index (κ3) is 5.35. The number of aromatic nitrogens is 4. The van der Waals surface area contributed by atoms with Crippen LogP contribution in [-0.4, -0.2) is 74.0 Å². The third-order valence-electron chi connectivity index (χ3n) is 7.55. The second kappa shape index (κ2) is 10.9. The van der Waals surface area contributed by atoms with Crippen LogP contribution in [0.25, 0.3) is 33.2 Å². The van der Waals surface area contributed by atoms with Gasteiger partial charge in [-0.15, -0.1) is 0 Å². The first-order chi connectivity index (χ1) is 19.8. The fraction of sp³-hybridized carbons (Fsp3) is 0.310. The Morgan fingerprint density at radius 1 is 1.20 bits per heavy atom. The first-order valence-corrected chi connectivity index (χ1v) is 13.4. The molecule has 12 heteroatoms. The van der Waals surface area contributed by atoms with Gasteiger partial charge >= 0.3 is 0 Å². The summed E-state index contributed by atoms with van der Waals surface area (Å²) in [7, 11) is 2.10. The molecule has 1 fully saturated rings. The third-order valence-corrected chi connectivity index (χ3v) is 7.55. The van der Waals surface area contributed by atoms with Crippen molar-refractivity contribution in [2.75, 3.05) is 38.6 Å². The number of halogens is 2. The highest BCUT2D eigenvalue weighted by molar-refractivity contribution is 5.99. The molecule has 0 radical (unpaired) electrons. The molecule has 5 N–H and O–H groups in total. The number of imidazole rings is 1. The van der Waals surface area contributed by atoms with E-state index in [1.165, 1.54) is 6.20 Å². The van der Waals surface area contributed by atoms with Crippen molar-refractivity contribution in [2.45, 2.75) is 25.0 Å². The van der Waals surface area contributed by atoms with E-state index in [0.29, 0.717) is 34.0 Å². The number of hydrogen-bond acceptors (Lipinski definition) is 7. The van der Waals surface area contributed by atoms with Gasteiger partial charge in [0.25, 0.3) is 5.56 Å². The molecule has 2 aromatic carbocycles. The van der Waals surface area contributed by atoms with Crippen LogP contribution in [0, 0.1) is 11.6 Å². The lowest BCUT2D eigenvalue weighted by atomic mass is 10.1. The van der Waals surface area contributed by atoms with Crippen LogP contribution in [0.15, 0.2) is 53.6 Å². The molecule has 41 heavy (non-hydrogen) atoms. The Kier molecular flexibility index (Phi) is 7.10. The Bertz CT molecular complexity index is 1770. The summed E-state index contributed by atoms with van der Waals surface area (Å²) in [5, 5.41) is 26.0. The van der Waals surface area contributed by atoms with Gasteiger partial charge in [0, 0.05) is 41.8 Å². The van der Waals surface area contributed by atoms with Gasteiger partial charge in [-0.25, -0.2) is 13.8 Å². The molecule has 1 saturated heterocycles. The number of aliphatic hydroxyl groups excluding tert-OH is 1. The fourth-order valence-electron chi connectivity index (χ4n) is 5.32. The van der Waals surface area contributed by atoms with Crippen molar-refractivity contribution in [1.29, 1.82) is 0 Å². The SMILES string of the molecule is CN1CCC(n2cc3cc4[nH]c(-c5c(NC[C@@H](O)COc6ccc(F)cc6F)cc[nH]c5=O)nc4cc3c2O)CC1. The number of ether oxygens (including phenoxy) is 1. The van der Waals surface area contributed by atoms with Crippen LogP contribution in [0.5, 0.6) is 11.6 Å². The molecule has 5 aromatic rings. The minimum Gasteiger partial charge on any atom is -0.494 e. The number of nitrogens with one attached hydrogen (secondary N) is 3. The number of anilines is 1. The molecular formula is C29H30F2N6O4. The molecule has 1 atom stereocenters. The number of fused-ring (bicyclic) bond motifs is 2. The van der Waals surface area contributed by atoms with E-state index in [0.717, 1.165) is 43.5 Å². The van der Waals surface area contributed by atoms with Crippen LogP contribution in [0.4, 0.5) is 14.5 Å². The van der Waals surface area contributed by atoms with Crippen molar-refractivity contribution in [3.05, 3.63) is 70.8 Å². The molecule has 10 nitrogen and oxygen atoms in total. The van der Waals surface area contributed by atoms with Gasteiger partial charge in [-0.2, -0.15) is 0 Å². The lowest BCUT2D eigenvalue weighted by Crippen LogP contribution is -2.31. The van der Waals surface area contributed by atoms with Crippen LogP contribution in [0.2, 0.25) is 0 Å². The zero-order valence-corrected chi connectivity index (χ0v) is 22.3. The summed E-state index contributed by atoms with van der Waals surface area (Å²) in [5.41, 5.74) is 1.56. The molecular weight excluding hydrogens is 534 g/mol. The molecule has 214 valence electrons. The summed E-state index contributed by atoms with van der Waals surface area (Å²) in [4.78, 5) is 25.6. The Hall–Kier alpha value is -4.42. The van der Waals surface area contributed by atoms with Crippen LogP contribution < -0.4 is 15.6 Å². The van der Waals surface area contributed by atoms with E-state index in [-0.39, 0.29) is 36.4 Å². The van der Waals surface area contributed by atoms with Crippen molar-refractivity contribution in [2.24, 2.45) is 0 Å². The number of pyridine rings is 1. The minimum atomic E-state index is -1.06. The number of aromatic hydroxyl groups is 1. The number of rotatable bonds is 8. The van der Waals surface area contributed by atoms with Crippen molar-refractivity contribution in [1.82, 2.24) is 24.4 Å².